The van der Waals surface area contributed by atoms with E-state index >= 15 is 0 Å². The van der Waals surface area contributed by atoms with Gasteiger partial charge in [-0.05, 0) is 53.7 Å². The minimum Gasteiger partial charge on any atom is -0.452 e. The number of nitrogens with one attached hydrogen (secondary N) is 1. The van der Waals surface area contributed by atoms with Crippen molar-refractivity contribution >= 4 is 52.2 Å². The van der Waals surface area contributed by atoms with Gasteiger partial charge in [0.2, 0.25) is 0 Å². The first-order chi connectivity index (χ1) is 20.3. The summed E-state index contributed by atoms with van der Waals surface area (Å²) in [5.41, 5.74) is -6.86. The molecule has 0 radical (unpaired) electrons. The Morgan fingerprint density at radius 2 is 1.18 bits per heavy atom. The second-order valence-electron chi connectivity index (χ2n) is 12.4. The number of amides is 2. The third-order valence-corrected chi connectivity index (χ3v) is 9.53. The standard InChI is InChI=1S/C33H36N2O9/c1-18(36)41-30(6)29(4,5)44-33(9,32(8,43-20(3)38)31(30,7)42-19(2)37)35-24-17-13-11-15-22(24)26(28(35)40)25-21-14-10-12-16-23(21)34-27(25)39/h10-17H,1-9H3,(H,34,39)/b26-25+. The average molecular weight is 605 g/mol. The molecule has 3 aliphatic heterocycles. The molecule has 11 nitrogen and oxygen atoms in total. The van der Waals surface area contributed by atoms with Crippen molar-refractivity contribution in [1.82, 2.24) is 0 Å². The fourth-order valence-corrected chi connectivity index (χ4v) is 7.14. The summed E-state index contributed by atoms with van der Waals surface area (Å²) in [7, 11) is 0. The van der Waals surface area contributed by atoms with E-state index in [1.807, 2.05) is 0 Å². The molecule has 1 N–H and O–H groups in total. The van der Waals surface area contributed by atoms with Crippen LogP contribution in [-0.2, 0) is 42.9 Å². The SMILES string of the molecule is CC(=O)OC1(C)C(C)(C)OC(C)(N2C(=O)/C(=C3/C(=O)Nc4ccccc43)c3ccccc32)C(C)(OC(C)=O)C1(C)OC(C)=O. The van der Waals surface area contributed by atoms with Crippen LogP contribution in [0.4, 0.5) is 11.4 Å². The second kappa shape index (κ2) is 9.75. The average Bonchev–Trinajstić information content (AvgIpc) is 3.38. The molecule has 3 aliphatic rings. The zero-order valence-corrected chi connectivity index (χ0v) is 26.2. The molecule has 232 valence electrons. The van der Waals surface area contributed by atoms with Crippen molar-refractivity contribution in [2.45, 2.75) is 90.4 Å². The smallest absolute Gasteiger partial charge is 0.303 e. The number of carbonyl (C=O) groups excluding carboxylic acids is 5. The lowest BCUT2D eigenvalue weighted by Gasteiger charge is -2.68. The Morgan fingerprint density at radius 1 is 0.682 bits per heavy atom. The number of rotatable bonds is 4. The monoisotopic (exact) mass is 604 g/mol. The van der Waals surface area contributed by atoms with Crippen LogP contribution in [0.25, 0.3) is 11.1 Å². The molecule has 4 atom stereocenters. The van der Waals surface area contributed by atoms with E-state index in [1.54, 1.807) is 69.3 Å². The Labute approximate surface area is 255 Å². The predicted octanol–water partition coefficient (Wildman–Crippen LogP) is 4.39. The molecule has 5 rings (SSSR count). The van der Waals surface area contributed by atoms with Crippen LogP contribution < -0.4 is 10.2 Å². The molecular formula is C33H36N2O9. The van der Waals surface area contributed by atoms with Crippen LogP contribution in [0.15, 0.2) is 48.5 Å². The van der Waals surface area contributed by atoms with E-state index in [0.717, 1.165) is 0 Å². The molecule has 2 amide bonds. The van der Waals surface area contributed by atoms with Gasteiger partial charge in [-0.3, -0.25) is 28.9 Å². The number of hydrogen-bond donors (Lipinski definition) is 1. The van der Waals surface area contributed by atoms with Crippen molar-refractivity contribution in [3.05, 3.63) is 59.7 Å². The van der Waals surface area contributed by atoms with Gasteiger partial charge in [-0.1, -0.05) is 36.4 Å². The summed E-state index contributed by atoms with van der Waals surface area (Å²) < 4.78 is 24.8. The van der Waals surface area contributed by atoms with Crippen LogP contribution in [0.2, 0.25) is 0 Å². The second-order valence-corrected chi connectivity index (χ2v) is 12.4. The van der Waals surface area contributed by atoms with Crippen molar-refractivity contribution in [3.63, 3.8) is 0 Å². The topological polar surface area (TPSA) is 138 Å². The van der Waals surface area contributed by atoms with E-state index in [-0.39, 0.29) is 11.1 Å². The molecule has 0 aliphatic carbocycles. The molecular weight excluding hydrogens is 568 g/mol. The lowest BCUT2D eigenvalue weighted by atomic mass is 9.59. The molecule has 0 aromatic heterocycles. The Kier molecular flexibility index (Phi) is 6.85. The van der Waals surface area contributed by atoms with Crippen molar-refractivity contribution < 1.29 is 42.9 Å². The fourth-order valence-electron chi connectivity index (χ4n) is 7.14. The number of hydrogen-bond acceptors (Lipinski definition) is 9. The third kappa shape index (κ3) is 3.94. The highest BCUT2D eigenvalue weighted by Gasteiger charge is 2.81. The Morgan fingerprint density at radius 3 is 1.77 bits per heavy atom. The highest BCUT2D eigenvalue weighted by atomic mass is 16.7. The van der Waals surface area contributed by atoms with E-state index in [4.69, 9.17) is 18.9 Å². The summed E-state index contributed by atoms with van der Waals surface area (Å²) in [6.07, 6.45) is 0. The number of benzene rings is 2. The van der Waals surface area contributed by atoms with E-state index in [2.05, 4.69) is 5.32 Å². The minimum absolute atomic E-state index is 0.123. The molecule has 1 saturated heterocycles. The van der Waals surface area contributed by atoms with Crippen LogP contribution in [0.5, 0.6) is 0 Å². The van der Waals surface area contributed by atoms with Gasteiger partial charge < -0.3 is 24.3 Å². The van der Waals surface area contributed by atoms with E-state index in [0.29, 0.717) is 22.5 Å². The fraction of sp³-hybridized carbons (Fsp3) is 0.424. The van der Waals surface area contributed by atoms with Gasteiger partial charge in [0.1, 0.15) is 5.60 Å². The van der Waals surface area contributed by atoms with Gasteiger partial charge >= 0.3 is 17.9 Å². The summed E-state index contributed by atoms with van der Waals surface area (Å²) in [6, 6.07) is 13.9. The molecule has 4 unspecified atom stereocenters. The molecule has 1 fully saturated rings. The number of esters is 3. The molecule has 44 heavy (non-hydrogen) atoms. The quantitative estimate of drug-likeness (QED) is 0.306. The number of para-hydroxylation sites is 2. The zero-order chi connectivity index (χ0) is 32.6. The first-order valence-electron chi connectivity index (χ1n) is 14.2. The Bertz CT molecular complexity index is 1680. The van der Waals surface area contributed by atoms with E-state index < -0.39 is 57.9 Å². The number of anilines is 2. The molecule has 2 aromatic carbocycles. The van der Waals surface area contributed by atoms with Crippen LogP contribution in [0.1, 0.15) is 73.4 Å². The van der Waals surface area contributed by atoms with E-state index in [9.17, 15) is 24.0 Å². The van der Waals surface area contributed by atoms with Gasteiger partial charge in [-0.25, -0.2) is 0 Å². The minimum atomic E-state index is -2.02. The Balaban J connectivity index is 1.84. The molecule has 0 spiro atoms. The molecule has 2 aromatic rings. The van der Waals surface area contributed by atoms with E-state index in [1.165, 1.54) is 46.4 Å². The maximum atomic E-state index is 14.8. The first-order valence-corrected chi connectivity index (χ1v) is 14.2. The van der Waals surface area contributed by atoms with Crippen LogP contribution >= 0.6 is 0 Å². The summed E-state index contributed by atoms with van der Waals surface area (Å²) >= 11 is 0. The van der Waals surface area contributed by atoms with Crippen molar-refractivity contribution in [1.29, 1.82) is 0 Å². The largest absolute Gasteiger partial charge is 0.452 e. The van der Waals surface area contributed by atoms with Gasteiger partial charge in [0, 0.05) is 37.6 Å². The van der Waals surface area contributed by atoms with Gasteiger partial charge in [-0.15, -0.1) is 0 Å². The summed E-state index contributed by atoms with van der Waals surface area (Å²) in [5, 5.41) is 2.82. The van der Waals surface area contributed by atoms with Gasteiger partial charge in [-0.2, -0.15) is 0 Å². The highest BCUT2D eigenvalue weighted by molar-refractivity contribution is 6.49. The lowest BCUT2D eigenvalue weighted by Crippen LogP contribution is -2.88. The predicted molar refractivity (Wildman–Crippen MR) is 160 cm³/mol. The highest BCUT2D eigenvalue weighted by Crippen LogP contribution is 2.61. The number of carbonyl (C=O) groups is 5. The van der Waals surface area contributed by atoms with Crippen LogP contribution in [0.3, 0.4) is 0 Å². The summed E-state index contributed by atoms with van der Waals surface area (Å²) in [4.78, 5) is 67.7. The Hall–Kier alpha value is -4.51. The van der Waals surface area contributed by atoms with Gasteiger partial charge in [0.25, 0.3) is 11.8 Å². The molecule has 3 heterocycles. The maximum Gasteiger partial charge on any atom is 0.303 e. The normalized spacial score (nSPS) is 32.0. The molecule has 0 saturated carbocycles. The number of nitrogens with zero attached hydrogens (tertiary/aromatic N) is 1. The van der Waals surface area contributed by atoms with Crippen LogP contribution in [0, 0.1) is 0 Å². The number of ether oxygens (including phenoxy) is 4. The summed E-state index contributed by atoms with van der Waals surface area (Å²) in [5.74, 6) is -3.27. The van der Waals surface area contributed by atoms with Crippen molar-refractivity contribution in [2.75, 3.05) is 10.2 Å². The molecule has 11 heteroatoms. The third-order valence-electron chi connectivity index (χ3n) is 9.53. The molecule has 0 bridgehead atoms. The summed E-state index contributed by atoms with van der Waals surface area (Å²) in [6.45, 7) is 12.9. The van der Waals surface area contributed by atoms with Crippen LogP contribution in [-0.4, -0.2) is 57.9 Å². The first kappa shape index (κ1) is 30.9. The van der Waals surface area contributed by atoms with Gasteiger partial charge in [0.15, 0.2) is 22.5 Å². The van der Waals surface area contributed by atoms with Crippen molar-refractivity contribution in [3.8, 4) is 0 Å². The van der Waals surface area contributed by atoms with Crippen molar-refractivity contribution in [2.24, 2.45) is 0 Å². The lowest BCUT2D eigenvalue weighted by molar-refractivity contribution is -0.392. The zero-order valence-electron chi connectivity index (χ0n) is 26.2. The van der Waals surface area contributed by atoms with Gasteiger partial charge in [0.05, 0.1) is 16.8 Å². The number of fused-ring (bicyclic) bond motifs is 2. The maximum absolute atomic E-state index is 14.8.